The highest BCUT2D eigenvalue weighted by molar-refractivity contribution is 5.56. The van der Waals surface area contributed by atoms with Gasteiger partial charge in [-0.2, -0.15) is 0 Å². The summed E-state index contributed by atoms with van der Waals surface area (Å²) in [5.41, 5.74) is 1.40. The van der Waals surface area contributed by atoms with Crippen LogP contribution in [0.5, 0.6) is 0 Å². The lowest BCUT2D eigenvalue weighted by Gasteiger charge is -2.04. The monoisotopic (exact) mass is 205 g/mol. The van der Waals surface area contributed by atoms with Crippen molar-refractivity contribution in [3.05, 3.63) is 35.9 Å². The lowest BCUT2D eigenvalue weighted by Crippen LogP contribution is -1.98. The van der Waals surface area contributed by atoms with Gasteiger partial charge in [0.15, 0.2) is 5.82 Å². The average Bonchev–Trinajstić information content (AvgIpc) is 2.65. The molecule has 0 saturated heterocycles. The molecule has 0 amide bonds. The van der Waals surface area contributed by atoms with E-state index in [2.05, 4.69) is 10.2 Å². The number of nitrogens with zero attached hydrogens (tertiary/aromatic N) is 3. The summed E-state index contributed by atoms with van der Waals surface area (Å²) in [5, 5.41) is 7.70. The highest BCUT2D eigenvalue weighted by Crippen LogP contribution is 2.21. The van der Waals surface area contributed by atoms with Gasteiger partial charge in [-0.25, -0.2) is 4.39 Å². The molecule has 2 aromatic rings. The van der Waals surface area contributed by atoms with E-state index >= 15 is 0 Å². The van der Waals surface area contributed by atoms with Gasteiger partial charge in [0.25, 0.3) is 0 Å². The molecule has 0 N–H and O–H groups in total. The third-order valence-corrected chi connectivity index (χ3v) is 2.32. The van der Waals surface area contributed by atoms with Crippen molar-refractivity contribution in [2.45, 2.75) is 20.4 Å². The number of benzene rings is 1. The maximum absolute atomic E-state index is 13.6. The molecule has 1 aromatic heterocycles. The van der Waals surface area contributed by atoms with E-state index in [1.54, 1.807) is 12.4 Å². The van der Waals surface area contributed by atoms with Crippen molar-refractivity contribution in [1.82, 2.24) is 14.8 Å². The summed E-state index contributed by atoms with van der Waals surface area (Å²) in [6.45, 7) is 4.56. The maximum Gasteiger partial charge on any atom is 0.166 e. The summed E-state index contributed by atoms with van der Waals surface area (Å²) in [6, 6.07) is 5.11. The molecule has 0 fully saturated rings. The molecule has 0 radical (unpaired) electrons. The predicted molar refractivity (Wildman–Crippen MR) is 55.8 cm³/mol. The number of hydrogen-bond donors (Lipinski definition) is 0. The summed E-state index contributed by atoms with van der Waals surface area (Å²) in [7, 11) is 0. The van der Waals surface area contributed by atoms with Crippen LogP contribution in [0.3, 0.4) is 0 Å². The van der Waals surface area contributed by atoms with E-state index < -0.39 is 0 Å². The van der Waals surface area contributed by atoms with Gasteiger partial charge in [0.1, 0.15) is 12.1 Å². The molecule has 0 unspecified atom stereocenters. The van der Waals surface area contributed by atoms with Crippen molar-refractivity contribution in [2.24, 2.45) is 0 Å². The van der Waals surface area contributed by atoms with Crippen LogP contribution >= 0.6 is 0 Å². The Labute approximate surface area is 87.6 Å². The van der Waals surface area contributed by atoms with Gasteiger partial charge in [0.2, 0.25) is 0 Å². The van der Waals surface area contributed by atoms with Gasteiger partial charge in [0.05, 0.1) is 5.56 Å². The molecule has 78 valence electrons. The molecular weight excluding hydrogens is 193 g/mol. The molecular formula is C11H12FN3. The molecule has 15 heavy (non-hydrogen) atoms. The lowest BCUT2D eigenvalue weighted by atomic mass is 10.1. The quantitative estimate of drug-likeness (QED) is 0.753. The molecule has 0 aliphatic heterocycles. The van der Waals surface area contributed by atoms with Crippen LogP contribution in [0.4, 0.5) is 4.39 Å². The second kappa shape index (κ2) is 3.81. The standard InChI is InChI=1S/C11H12FN3/c1-3-15-7-13-14-11(15)9-5-4-8(2)6-10(9)12/h4-7H,3H2,1-2H3. The van der Waals surface area contributed by atoms with Crippen LogP contribution in [-0.4, -0.2) is 14.8 Å². The minimum Gasteiger partial charge on any atom is -0.314 e. The number of aryl methyl sites for hydroxylation is 2. The van der Waals surface area contributed by atoms with E-state index in [0.717, 1.165) is 12.1 Å². The van der Waals surface area contributed by atoms with E-state index in [1.165, 1.54) is 6.07 Å². The fourth-order valence-electron chi connectivity index (χ4n) is 1.50. The third kappa shape index (κ3) is 1.75. The van der Waals surface area contributed by atoms with Crippen LogP contribution < -0.4 is 0 Å². The molecule has 3 nitrogen and oxygen atoms in total. The fraction of sp³-hybridized carbons (Fsp3) is 0.273. The summed E-state index contributed by atoms with van der Waals surface area (Å²) in [4.78, 5) is 0. The molecule has 0 saturated carbocycles. The first-order chi connectivity index (χ1) is 7.22. The van der Waals surface area contributed by atoms with Crippen LogP contribution in [0, 0.1) is 12.7 Å². The fourth-order valence-corrected chi connectivity index (χ4v) is 1.50. The van der Waals surface area contributed by atoms with Gasteiger partial charge in [-0.15, -0.1) is 10.2 Å². The average molecular weight is 205 g/mol. The van der Waals surface area contributed by atoms with E-state index in [1.807, 2.05) is 24.5 Å². The first-order valence-electron chi connectivity index (χ1n) is 4.86. The second-order valence-electron chi connectivity index (χ2n) is 3.42. The minimum absolute atomic E-state index is 0.252. The zero-order valence-corrected chi connectivity index (χ0v) is 8.74. The van der Waals surface area contributed by atoms with Gasteiger partial charge in [-0.3, -0.25) is 0 Å². The Morgan fingerprint density at radius 2 is 2.20 bits per heavy atom. The van der Waals surface area contributed by atoms with Crippen molar-refractivity contribution >= 4 is 0 Å². The molecule has 1 heterocycles. The highest BCUT2D eigenvalue weighted by atomic mass is 19.1. The zero-order valence-electron chi connectivity index (χ0n) is 8.74. The number of hydrogen-bond acceptors (Lipinski definition) is 2. The van der Waals surface area contributed by atoms with Crippen molar-refractivity contribution < 1.29 is 4.39 Å². The molecule has 2 rings (SSSR count). The molecule has 4 heteroatoms. The Hall–Kier alpha value is -1.71. The van der Waals surface area contributed by atoms with Crippen LogP contribution in [0.2, 0.25) is 0 Å². The summed E-state index contributed by atoms with van der Waals surface area (Å²) in [6.07, 6.45) is 1.61. The van der Waals surface area contributed by atoms with Crippen molar-refractivity contribution in [3.63, 3.8) is 0 Å². The maximum atomic E-state index is 13.6. The smallest absolute Gasteiger partial charge is 0.166 e. The molecule has 0 bridgehead atoms. The van der Waals surface area contributed by atoms with E-state index in [-0.39, 0.29) is 5.82 Å². The van der Waals surface area contributed by atoms with E-state index in [9.17, 15) is 4.39 Å². The number of aromatic nitrogens is 3. The van der Waals surface area contributed by atoms with Crippen LogP contribution in [0.15, 0.2) is 24.5 Å². The highest BCUT2D eigenvalue weighted by Gasteiger charge is 2.10. The summed E-state index contributed by atoms with van der Waals surface area (Å²) in [5.74, 6) is 0.327. The first-order valence-corrected chi connectivity index (χ1v) is 4.86. The Kier molecular flexibility index (Phi) is 2.49. The molecule has 0 spiro atoms. The largest absolute Gasteiger partial charge is 0.314 e. The van der Waals surface area contributed by atoms with Gasteiger partial charge in [-0.1, -0.05) is 6.07 Å². The van der Waals surface area contributed by atoms with Gasteiger partial charge in [0, 0.05) is 6.54 Å². The molecule has 0 aliphatic rings. The van der Waals surface area contributed by atoms with E-state index in [4.69, 9.17) is 0 Å². The topological polar surface area (TPSA) is 30.7 Å². The van der Waals surface area contributed by atoms with Crippen molar-refractivity contribution in [2.75, 3.05) is 0 Å². The Morgan fingerprint density at radius 1 is 1.40 bits per heavy atom. The van der Waals surface area contributed by atoms with Gasteiger partial charge >= 0.3 is 0 Å². The van der Waals surface area contributed by atoms with Gasteiger partial charge in [-0.05, 0) is 31.5 Å². The third-order valence-electron chi connectivity index (χ3n) is 2.32. The van der Waals surface area contributed by atoms with Gasteiger partial charge < -0.3 is 4.57 Å². The van der Waals surface area contributed by atoms with Crippen molar-refractivity contribution in [3.8, 4) is 11.4 Å². The number of rotatable bonds is 2. The van der Waals surface area contributed by atoms with E-state index in [0.29, 0.717) is 11.4 Å². The first kappa shape index (κ1) is 9.83. The Morgan fingerprint density at radius 3 is 2.87 bits per heavy atom. The van der Waals surface area contributed by atoms with Crippen LogP contribution in [0.1, 0.15) is 12.5 Å². The van der Waals surface area contributed by atoms with Crippen LogP contribution in [-0.2, 0) is 6.54 Å². The predicted octanol–water partition coefficient (Wildman–Crippen LogP) is 2.41. The SMILES string of the molecule is CCn1cnnc1-c1ccc(C)cc1F. The Balaban J connectivity index is 2.54. The summed E-state index contributed by atoms with van der Waals surface area (Å²) < 4.78 is 15.5. The molecule has 0 aliphatic carbocycles. The lowest BCUT2D eigenvalue weighted by molar-refractivity contribution is 0.626. The second-order valence-corrected chi connectivity index (χ2v) is 3.42. The van der Waals surface area contributed by atoms with Crippen LogP contribution in [0.25, 0.3) is 11.4 Å². The number of halogens is 1. The minimum atomic E-state index is -0.252. The Bertz CT molecular complexity index is 476. The summed E-state index contributed by atoms with van der Waals surface area (Å²) >= 11 is 0. The van der Waals surface area contributed by atoms with Crippen molar-refractivity contribution in [1.29, 1.82) is 0 Å². The zero-order chi connectivity index (χ0) is 10.8. The molecule has 0 atom stereocenters. The normalized spacial score (nSPS) is 10.6. The molecule has 1 aromatic carbocycles.